The molecule has 2 fully saturated rings. The summed E-state index contributed by atoms with van der Waals surface area (Å²) < 4.78 is 4.79. The first-order chi connectivity index (χ1) is 13.0. The van der Waals surface area contributed by atoms with Crippen LogP contribution in [0.4, 0.5) is 4.79 Å². The van der Waals surface area contributed by atoms with E-state index < -0.39 is 18.2 Å². The van der Waals surface area contributed by atoms with Crippen LogP contribution < -0.4 is 5.32 Å². The van der Waals surface area contributed by atoms with Gasteiger partial charge in [0.15, 0.2) is 0 Å². The van der Waals surface area contributed by atoms with Gasteiger partial charge in [-0.15, -0.1) is 0 Å². The highest BCUT2D eigenvalue weighted by Crippen LogP contribution is 2.29. The summed E-state index contributed by atoms with van der Waals surface area (Å²) in [5, 5.41) is 20.0. The van der Waals surface area contributed by atoms with Crippen LogP contribution in [-0.2, 0) is 27.3 Å². The maximum Gasteiger partial charge on any atom is 0.410 e. The van der Waals surface area contributed by atoms with E-state index in [0.717, 1.165) is 17.7 Å². The summed E-state index contributed by atoms with van der Waals surface area (Å²) in [4.78, 5) is 39.5. The van der Waals surface area contributed by atoms with Crippen LogP contribution in [0.25, 0.3) is 0 Å². The fourth-order valence-electron chi connectivity index (χ4n) is 4.04. The van der Waals surface area contributed by atoms with Gasteiger partial charge in [0.2, 0.25) is 11.8 Å². The van der Waals surface area contributed by atoms with Crippen LogP contribution in [0.1, 0.15) is 24.1 Å². The lowest BCUT2D eigenvalue weighted by atomic mass is 10.0. The van der Waals surface area contributed by atoms with Crippen LogP contribution in [-0.4, -0.2) is 81.4 Å². The molecule has 0 bridgehead atoms. The standard InChI is InChI=1S/C17H23N5O5/c23-14-6-10(16(25)21-2-1-12-11(8-21)7-18-20-12)5-13(14)19-15(24)9-22-3-4-27-17(22)26/h7,10,13-14,23H,1-6,8-9H2,(H,18,20)(H,19,24)/t10-,13+,14+/m0/s1. The first-order valence-corrected chi connectivity index (χ1v) is 9.20. The van der Waals surface area contributed by atoms with Gasteiger partial charge >= 0.3 is 6.09 Å². The van der Waals surface area contributed by atoms with Crippen LogP contribution in [0.3, 0.4) is 0 Å². The van der Waals surface area contributed by atoms with Crippen LogP contribution in [0.5, 0.6) is 0 Å². The molecule has 0 unspecified atom stereocenters. The van der Waals surface area contributed by atoms with Gasteiger partial charge in [0.1, 0.15) is 13.2 Å². The molecule has 0 spiro atoms. The molecular formula is C17H23N5O5. The summed E-state index contributed by atoms with van der Waals surface area (Å²) in [6.45, 7) is 1.70. The van der Waals surface area contributed by atoms with E-state index >= 15 is 0 Å². The molecule has 3 heterocycles. The highest BCUT2D eigenvalue weighted by atomic mass is 16.6. The van der Waals surface area contributed by atoms with Crippen LogP contribution in [0.15, 0.2) is 6.20 Å². The summed E-state index contributed by atoms with van der Waals surface area (Å²) in [5.74, 6) is -0.678. The van der Waals surface area contributed by atoms with Crippen molar-refractivity contribution < 1.29 is 24.2 Å². The largest absolute Gasteiger partial charge is 0.448 e. The van der Waals surface area contributed by atoms with Gasteiger partial charge in [-0.2, -0.15) is 5.10 Å². The molecule has 2 aliphatic heterocycles. The maximum absolute atomic E-state index is 12.8. The highest BCUT2D eigenvalue weighted by Gasteiger charge is 2.40. The smallest absolute Gasteiger partial charge is 0.410 e. The molecule has 3 atom stereocenters. The third-order valence-corrected chi connectivity index (χ3v) is 5.52. The van der Waals surface area contributed by atoms with Crippen molar-refractivity contribution in [3.05, 3.63) is 17.5 Å². The number of nitrogens with zero attached hydrogens (tertiary/aromatic N) is 3. The fraction of sp³-hybridized carbons (Fsp3) is 0.647. The molecule has 3 amide bonds. The molecule has 3 N–H and O–H groups in total. The summed E-state index contributed by atoms with van der Waals surface area (Å²) in [7, 11) is 0. The molecule has 27 heavy (non-hydrogen) atoms. The average molecular weight is 377 g/mol. The monoisotopic (exact) mass is 377 g/mol. The molecule has 1 aromatic heterocycles. The SMILES string of the molecule is O=C(CN1CCOC1=O)N[C@@H]1C[C@H](C(=O)N2CCc3[nH]ncc3C2)C[C@H]1O. The third-order valence-electron chi connectivity index (χ3n) is 5.52. The van der Waals surface area contributed by atoms with Crippen molar-refractivity contribution in [1.82, 2.24) is 25.3 Å². The predicted octanol–water partition coefficient (Wildman–Crippen LogP) is -0.998. The quantitative estimate of drug-likeness (QED) is 0.618. The van der Waals surface area contributed by atoms with E-state index in [0.29, 0.717) is 32.5 Å². The van der Waals surface area contributed by atoms with Crippen molar-refractivity contribution in [2.45, 2.75) is 38.0 Å². The second kappa shape index (κ2) is 7.18. The summed E-state index contributed by atoms with van der Waals surface area (Å²) in [6.07, 6.45) is 1.92. The number of cyclic esters (lactones) is 1. The molecule has 146 valence electrons. The highest BCUT2D eigenvalue weighted by molar-refractivity contribution is 5.83. The first kappa shape index (κ1) is 17.8. The Morgan fingerprint density at radius 2 is 2.22 bits per heavy atom. The second-order valence-corrected chi connectivity index (χ2v) is 7.33. The van der Waals surface area contributed by atoms with E-state index in [9.17, 15) is 19.5 Å². The molecule has 10 nitrogen and oxygen atoms in total. The summed E-state index contributed by atoms with van der Waals surface area (Å²) in [5.41, 5.74) is 2.09. The summed E-state index contributed by atoms with van der Waals surface area (Å²) >= 11 is 0. The molecule has 0 aromatic carbocycles. The molecular weight excluding hydrogens is 354 g/mol. The Morgan fingerprint density at radius 3 is 3.00 bits per heavy atom. The lowest BCUT2D eigenvalue weighted by Gasteiger charge is -2.29. The van der Waals surface area contributed by atoms with Crippen LogP contribution in [0, 0.1) is 5.92 Å². The van der Waals surface area contributed by atoms with Crippen LogP contribution in [0.2, 0.25) is 0 Å². The number of nitrogens with one attached hydrogen (secondary N) is 2. The van der Waals surface area contributed by atoms with Gasteiger partial charge in [0.05, 0.1) is 24.9 Å². The Kier molecular flexibility index (Phi) is 4.73. The number of amides is 3. The Hall–Kier alpha value is -2.62. The van der Waals surface area contributed by atoms with Crippen molar-refractivity contribution in [1.29, 1.82) is 0 Å². The van der Waals surface area contributed by atoms with Crippen molar-refractivity contribution in [3.8, 4) is 0 Å². The topological polar surface area (TPSA) is 128 Å². The lowest BCUT2D eigenvalue weighted by Crippen LogP contribution is -2.45. The van der Waals surface area contributed by atoms with Crippen molar-refractivity contribution in [2.75, 3.05) is 26.2 Å². The van der Waals surface area contributed by atoms with Gasteiger partial charge in [0.25, 0.3) is 0 Å². The van der Waals surface area contributed by atoms with E-state index in [1.807, 2.05) is 0 Å². The van der Waals surface area contributed by atoms with Gasteiger partial charge in [-0.05, 0) is 12.8 Å². The zero-order valence-corrected chi connectivity index (χ0v) is 14.9. The number of aliphatic hydroxyl groups excluding tert-OH is 1. The Labute approximate surface area is 155 Å². The summed E-state index contributed by atoms with van der Waals surface area (Å²) in [6, 6.07) is -0.487. The van der Waals surface area contributed by atoms with Crippen LogP contribution >= 0.6 is 0 Å². The Balaban J connectivity index is 1.31. The number of aromatic amines is 1. The molecule has 0 radical (unpaired) electrons. The number of rotatable bonds is 4. The van der Waals surface area contributed by atoms with E-state index in [1.165, 1.54) is 4.90 Å². The van der Waals surface area contributed by atoms with E-state index in [4.69, 9.17) is 4.74 Å². The number of hydrogen-bond donors (Lipinski definition) is 3. The zero-order valence-electron chi connectivity index (χ0n) is 14.9. The van der Waals surface area contributed by atoms with Crippen molar-refractivity contribution >= 4 is 17.9 Å². The van der Waals surface area contributed by atoms with E-state index in [2.05, 4.69) is 15.5 Å². The number of aromatic nitrogens is 2. The number of ether oxygens (including phenoxy) is 1. The number of fused-ring (bicyclic) bond motifs is 1. The molecule has 4 rings (SSSR count). The number of carbonyl (C=O) groups is 3. The fourth-order valence-corrected chi connectivity index (χ4v) is 4.04. The Morgan fingerprint density at radius 1 is 1.37 bits per heavy atom. The molecule has 3 aliphatic rings. The molecule has 1 saturated heterocycles. The minimum Gasteiger partial charge on any atom is -0.448 e. The average Bonchev–Trinajstić information content (AvgIpc) is 3.35. The number of aliphatic hydroxyl groups is 1. The minimum atomic E-state index is -0.775. The molecule has 1 saturated carbocycles. The molecule has 10 heteroatoms. The molecule has 1 aliphatic carbocycles. The van der Waals surface area contributed by atoms with Gasteiger partial charge in [-0.1, -0.05) is 0 Å². The lowest BCUT2D eigenvalue weighted by molar-refractivity contribution is -0.136. The first-order valence-electron chi connectivity index (χ1n) is 9.20. The third kappa shape index (κ3) is 3.61. The number of H-pyrrole nitrogens is 1. The van der Waals surface area contributed by atoms with Gasteiger partial charge in [-0.25, -0.2) is 4.79 Å². The number of carbonyl (C=O) groups excluding carboxylic acids is 3. The normalized spacial score (nSPS) is 27.4. The van der Waals surface area contributed by atoms with E-state index in [1.54, 1.807) is 11.1 Å². The maximum atomic E-state index is 12.8. The van der Waals surface area contributed by atoms with Crippen molar-refractivity contribution in [2.24, 2.45) is 5.92 Å². The number of hydrogen-bond acceptors (Lipinski definition) is 6. The van der Waals surface area contributed by atoms with Gasteiger partial charge < -0.3 is 20.1 Å². The Bertz CT molecular complexity index is 750. The second-order valence-electron chi connectivity index (χ2n) is 7.33. The van der Waals surface area contributed by atoms with Crippen molar-refractivity contribution in [3.63, 3.8) is 0 Å². The van der Waals surface area contributed by atoms with Gasteiger partial charge in [0, 0.05) is 36.7 Å². The van der Waals surface area contributed by atoms with Gasteiger partial charge in [-0.3, -0.25) is 19.6 Å². The zero-order chi connectivity index (χ0) is 19.0. The van der Waals surface area contributed by atoms with E-state index in [-0.39, 0.29) is 30.9 Å². The predicted molar refractivity (Wildman–Crippen MR) is 91.3 cm³/mol. The minimum absolute atomic E-state index is 0.000713. The molecule has 1 aromatic rings.